The first-order chi connectivity index (χ1) is 10.5. The summed E-state index contributed by atoms with van der Waals surface area (Å²) < 4.78 is 27.0. The fourth-order valence-electron chi connectivity index (χ4n) is 2.39. The van der Waals surface area contributed by atoms with Gasteiger partial charge in [-0.15, -0.1) is 0 Å². The Kier molecular flexibility index (Phi) is 3.58. The Morgan fingerprint density at radius 1 is 1.23 bits per heavy atom. The highest BCUT2D eigenvalue weighted by Crippen LogP contribution is 2.23. The van der Waals surface area contributed by atoms with E-state index in [1.54, 1.807) is 24.2 Å². The minimum Gasteiger partial charge on any atom is -0.369 e. The number of rotatable bonds is 3. The number of aromatic amines is 1. The molecular formula is C16H13F2N3O. The molecule has 0 fully saturated rings. The van der Waals surface area contributed by atoms with E-state index in [0.717, 1.165) is 23.6 Å². The lowest BCUT2D eigenvalue weighted by atomic mass is 10.1. The van der Waals surface area contributed by atoms with Crippen LogP contribution in [0.25, 0.3) is 11.0 Å². The molecule has 0 aliphatic heterocycles. The molecule has 0 aliphatic carbocycles. The normalized spacial score (nSPS) is 10.9. The SMILES string of the molecule is CN(Cc1cc(F)ccc1F)c1cc(=O)[nH]c2ncccc12. The van der Waals surface area contributed by atoms with Crippen molar-refractivity contribution in [2.24, 2.45) is 0 Å². The van der Waals surface area contributed by atoms with Crippen molar-refractivity contribution in [3.63, 3.8) is 0 Å². The van der Waals surface area contributed by atoms with Gasteiger partial charge >= 0.3 is 0 Å². The van der Waals surface area contributed by atoms with E-state index in [9.17, 15) is 13.6 Å². The summed E-state index contributed by atoms with van der Waals surface area (Å²) in [6, 6.07) is 8.30. The standard InChI is InChI=1S/C16H13F2N3O/c1-21(9-10-7-11(17)4-5-13(10)18)14-8-15(22)20-16-12(14)3-2-6-19-16/h2-8H,9H2,1H3,(H,19,20,22). The van der Waals surface area contributed by atoms with Crippen LogP contribution in [0.3, 0.4) is 0 Å². The molecule has 2 heterocycles. The van der Waals surface area contributed by atoms with Crippen LogP contribution in [0.1, 0.15) is 5.56 Å². The molecule has 3 aromatic rings. The van der Waals surface area contributed by atoms with Crippen LogP contribution >= 0.6 is 0 Å². The smallest absolute Gasteiger partial charge is 0.251 e. The Morgan fingerprint density at radius 3 is 2.86 bits per heavy atom. The van der Waals surface area contributed by atoms with Gasteiger partial charge in [0.2, 0.25) is 0 Å². The molecular weight excluding hydrogens is 288 g/mol. The van der Waals surface area contributed by atoms with Crippen molar-refractivity contribution < 1.29 is 8.78 Å². The molecule has 112 valence electrons. The molecule has 0 bridgehead atoms. The zero-order chi connectivity index (χ0) is 15.7. The number of fused-ring (bicyclic) bond motifs is 1. The van der Waals surface area contributed by atoms with E-state index >= 15 is 0 Å². The molecule has 2 aromatic heterocycles. The number of benzene rings is 1. The van der Waals surface area contributed by atoms with Crippen LogP contribution < -0.4 is 10.5 Å². The van der Waals surface area contributed by atoms with Gasteiger partial charge in [0, 0.05) is 36.8 Å². The minimum absolute atomic E-state index is 0.136. The number of nitrogens with zero attached hydrogens (tertiary/aromatic N) is 2. The molecule has 1 N–H and O–H groups in total. The summed E-state index contributed by atoms with van der Waals surface area (Å²) in [5, 5.41) is 0.737. The van der Waals surface area contributed by atoms with Crippen molar-refractivity contribution in [3.8, 4) is 0 Å². The van der Waals surface area contributed by atoms with Gasteiger partial charge in [0.15, 0.2) is 0 Å². The maximum absolute atomic E-state index is 13.8. The highest BCUT2D eigenvalue weighted by Gasteiger charge is 2.12. The molecule has 6 heteroatoms. The third-order valence-electron chi connectivity index (χ3n) is 3.42. The van der Waals surface area contributed by atoms with Gasteiger partial charge in [-0.25, -0.2) is 13.8 Å². The van der Waals surface area contributed by atoms with Gasteiger partial charge in [0.1, 0.15) is 17.3 Å². The van der Waals surface area contributed by atoms with Crippen molar-refractivity contribution in [2.75, 3.05) is 11.9 Å². The Labute approximate surface area is 125 Å². The van der Waals surface area contributed by atoms with Gasteiger partial charge in [-0.05, 0) is 30.3 Å². The molecule has 0 atom stereocenters. The first kappa shape index (κ1) is 14.2. The lowest BCUT2D eigenvalue weighted by Gasteiger charge is -2.21. The number of H-pyrrole nitrogens is 1. The lowest BCUT2D eigenvalue weighted by molar-refractivity contribution is 0.584. The van der Waals surface area contributed by atoms with Crippen LogP contribution in [0.15, 0.2) is 47.4 Å². The van der Waals surface area contributed by atoms with E-state index in [1.807, 2.05) is 6.07 Å². The lowest BCUT2D eigenvalue weighted by Crippen LogP contribution is -2.20. The second kappa shape index (κ2) is 5.55. The van der Waals surface area contributed by atoms with Gasteiger partial charge < -0.3 is 9.88 Å². The monoisotopic (exact) mass is 301 g/mol. The van der Waals surface area contributed by atoms with Crippen LogP contribution in [-0.2, 0) is 6.54 Å². The van der Waals surface area contributed by atoms with Crippen LogP contribution in [0, 0.1) is 11.6 Å². The third-order valence-corrected chi connectivity index (χ3v) is 3.42. The van der Waals surface area contributed by atoms with E-state index in [4.69, 9.17) is 0 Å². The van der Waals surface area contributed by atoms with E-state index in [2.05, 4.69) is 9.97 Å². The van der Waals surface area contributed by atoms with E-state index in [0.29, 0.717) is 11.3 Å². The average Bonchev–Trinajstić information content (AvgIpc) is 2.50. The molecule has 1 aromatic carbocycles. The number of aromatic nitrogens is 2. The van der Waals surface area contributed by atoms with Gasteiger partial charge in [-0.3, -0.25) is 4.79 Å². The third kappa shape index (κ3) is 2.67. The van der Waals surface area contributed by atoms with Crippen molar-refractivity contribution >= 4 is 16.7 Å². The van der Waals surface area contributed by atoms with Crippen LogP contribution in [0.4, 0.5) is 14.5 Å². The maximum atomic E-state index is 13.8. The minimum atomic E-state index is -0.498. The summed E-state index contributed by atoms with van der Waals surface area (Å²) in [6.07, 6.45) is 1.58. The molecule has 0 unspecified atom stereocenters. The highest BCUT2D eigenvalue weighted by atomic mass is 19.1. The van der Waals surface area contributed by atoms with E-state index in [1.165, 1.54) is 6.07 Å². The first-order valence-corrected chi connectivity index (χ1v) is 6.68. The summed E-state index contributed by atoms with van der Waals surface area (Å²) in [5.41, 5.74) is 0.986. The number of pyridine rings is 2. The molecule has 0 saturated carbocycles. The highest BCUT2D eigenvalue weighted by molar-refractivity contribution is 5.88. The summed E-state index contributed by atoms with van der Waals surface area (Å²) in [7, 11) is 1.71. The number of hydrogen-bond acceptors (Lipinski definition) is 3. The summed E-state index contributed by atoms with van der Waals surface area (Å²) in [6.45, 7) is 0.136. The number of halogens is 2. The predicted molar refractivity (Wildman–Crippen MR) is 80.8 cm³/mol. The topological polar surface area (TPSA) is 49.0 Å². The fraction of sp³-hybridized carbons (Fsp3) is 0.125. The van der Waals surface area contributed by atoms with Crippen LogP contribution in [0.2, 0.25) is 0 Å². The quantitative estimate of drug-likeness (QED) is 0.809. The second-order valence-electron chi connectivity index (χ2n) is 5.01. The van der Waals surface area contributed by atoms with Gasteiger partial charge in [-0.1, -0.05) is 0 Å². The number of anilines is 1. The zero-order valence-electron chi connectivity index (χ0n) is 11.8. The number of hydrogen-bond donors (Lipinski definition) is 1. The van der Waals surface area contributed by atoms with Gasteiger partial charge in [-0.2, -0.15) is 0 Å². The van der Waals surface area contributed by atoms with Gasteiger partial charge in [0.05, 0.1) is 5.69 Å². The maximum Gasteiger partial charge on any atom is 0.251 e. The molecule has 0 saturated heterocycles. The second-order valence-corrected chi connectivity index (χ2v) is 5.01. The molecule has 3 rings (SSSR count). The van der Waals surface area contributed by atoms with Crippen LogP contribution in [-0.4, -0.2) is 17.0 Å². The zero-order valence-corrected chi connectivity index (χ0v) is 11.8. The van der Waals surface area contributed by atoms with Crippen molar-refractivity contribution in [1.82, 2.24) is 9.97 Å². The largest absolute Gasteiger partial charge is 0.369 e. The molecule has 22 heavy (non-hydrogen) atoms. The van der Waals surface area contributed by atoms with Crippen molar-refractivity contribution in [2.45, 2.75) is 6.54 Å². The van der Waals surface area contributed by atoms with Gasteiger partial charge in [0.25, 0.3) is 5.56 Å². The fourth-order valence-corrected chi connectivity index (χ4v) is 2.39. The van der Waals surface area contributed by atoms with E-state index < -0.39 is 11.6 Å². The molecule has 0 radical (unpaired) electrons. The molecule has 0 amide bonds. The summed E-state index contributed by atoms with van der Waals surface area (Å²) >= 11 is 0. The molecule has 4 nitrogen and oxygen atoms in total. The van der Waals surface area contributed by atoms with E-state index in [-0.39, 0.29) is 17.7 Å². The Balaban J connectivity index is 2.04. The first-order valence-electron chi connectivity index (χ1n) is 6.68. The van der Waals surface area contributed by atoms with Crippen molar-refractivity contribution in [3.05, 3.63) is 70.1 Å². The molecule has 0 aliphatic rings. The molecule has 0 spiro atoms. The predicted octanol–water partition coefficient (Wildman–Crippen LogP) is 2.84. The Hall–Kier alpha value is -2.76. The Morgan fingerprint density at radius 2 is 2.05 bits per heavy atom. The summed E-state index contributed by atoms with van der Waals surface area (Å²) in [4.78, 5) is 20.2. The number of nitrogens with one attached hydrogen (secondary N) is 1. The Bertz CT molecular complexity index is 892. The average molecular weight is 301 g/mol. The van der Waals surface area contributed by atoms with Crippen LogP contribution in [0.5, 0.6) is 0 Å². The summed E-state index contributed by atoms with van der Waals surface area (Å²) in [5.74, 6) is -0.984. The van der Waals surface area contributed by atoms with Crippen molar-refractivity contribution in [1.29, 1.82) is 0 Å².